The molecule has 1 aromatic carbocycles. The molecule has 0 spiro atoms. The number of halogens is 1. The first-order valence-corrected chi connectivity index (χ1v) is 7.06. The number of likely N-dealkylation sites (tertiary alicyclic amines) is 1. The third kappa shape index (κ3) is 3.07. The second kappa shape index (κ2) is 5.47. The van der Waals surface area contributed by atoms with Gasteiger partial charge in [0.25, 0.3) is 0 Å². The van der Waals surface area contributed by atoms with Crippen molar-refractivity contribution >= 4 is 0 Å². The molecule has 1 aromatic rings. The van der Waals surface area contributed by atoms with Crippen LogP contribution in [0.2, 0.25) is 0 Å². The first-order chi connectivity index (χ1) is 9.26. The van der Waals surface area contributed by atoms with Crippen LogP contribution in [-0.2, 0) is 6.54 Å². The summed E-state index contributed by atoms with van der Waals surface area (Å²) in [7, 11) is 1.55. The standard InChI is InChI=1S/C15H21FN2O/c1-19-14-5-2-11(15(16)8-14)9-17-12-6-7-18(10-12)13-3-4-13/h2,5,8,12-13,17H,3-4,6-7,9-10H2,1H3. The summed E-state index contributed by atoms with van der Waals surface area (Å²) in [5.41, 5.74) is 0.714. The van der Waals surface area contributed by atoms with Crippen LogP contribution >= 0.6 is 0 Å². The Balaban J connectivity index is 1.51. The fourth-order valence-corrected chi connectivity index (χ4v) is 2.78. The number of nitrogens with zero attached hydrogens (tertiary/aromatic N) is 1. The van der Waals surface area contributed by atoms with E-state index in [-0.39, 0.29) is 5.82 Å². The smallest absolute Gasteiger partial charge is 0.131 e. The van der Waals surface area contributed by atoms with Crippen molar-refractivity contribution in [2.24, 2.45) is 0 Å². The summed E-state index contributed by atoms with van der Waals surface area (Å²) in [6.07, 6.45) is 3.90. The minimum absolute atomic E-state index is 0.191. The molecule has 3 nitrogen and oxygen atoms in total. The summed E-state index contributed by atoms with van der Waals surface area (Å²) >= 11 is 0. The SMILES string of the molecule is COc1ccc(CNC2CCN(C3CC3)C2)c(F)c1. The van der Waals surface area contributed by atoms with Crippen LogP contribution < -0.4 is 10.1 Å². The molecular formula is C15H21FN2O. The second-order valence-corrected chi connectivity index (χ2v) is 5.55. The maximum absolute atomic E-state index is 13.8. The summed E-state index contributed by atoms with van der Waals surface area (Å²) in [6, 6.07) is 6.40. The number of rotatable bonds is 5. The number of hydrogen-bond donors (Lipinski definition) is 1. The zero-order valence-electron chi connectivity index (χ0n) is 11.4. The molecule has 4 heteroatoms. The Morgan fingerprint density at radius 2 is 2.21 bits per heavy atom. The molecule has 3 rings (SSSR count). The van der Waals surface area contributed by atoms with Gasteiger partial charge in [0, 0.05) is 43.3 Å². The van der Waals surface area contributed by atoms with Gasteiger partial charge in [0.2, 0.25) is 0 Å². The van der Waals surface area contributed by atoms with Gasteiger partial charge in [0.1, 0.15) is 11.6 Å². The summed E-state index contributed by atoms with van der Waals surface area (Å²) in [6.45, 7) is 2.90. The van der Waals surface area contributed by atoms with Gasteiger partial charge < -0.3 is 10.1 Å². The Kier molecular flexibility index (Phi) is 3.71. The van der Waals surface area contributed by atoms with E-state index in [1.807, 2.05) is 6.07 Å². The lowest BCUT2D eigenvalue weighted by molar-refractivity contribution is 0.317. The highest BCUT2D eigenvalue weighted by molar-refractivity contribution is 5.28. The van der Waals surface area contributed by atoms with Gasteiger partial charge in [-0.15, -0.1) is 0 Å². The minimum Gasteiger partial charge on any atom is -0.497 e. The Morgan fingerprint density at radius 1 is 1.37 bits per heavy atom. The van der Waals surface area contributed by atoms with E-state index < -0.39 is 0 Å². The van der Waals surface area contributed by atoms with Gasteiger partial charge >= 0.3 is 0 Å². The Hall–Kier alpha value is -1.13. The molecule has 1 unspecified atom stereocenters. The van der Waals surface area contributed by atoms with E-state index in [2.05, 4.69) is 10.2 Å². The van der Waals surface area contributed by atoms with Crippen LogP contribution in [0.3, 0.4) is 0 Å². The molecule has 0 aromatic heterocycles. The molecule has 0 radical (unpaired) electrons. The van der Waals surface area contributed by atoms with Crippen LogP contribution in [0.5, 0.6) is 5.75 Å². The molecule has 1 heterocycles. The predicted molar refractivity (Wildman–Crippen MR) is 72.8 cm³/mol. The second-order valence-electron chi connectivity index (χ2n) is 5.55. The van der Waals surface area contributed by atoms with Crippen molar-refractivity contribution < 1.29 is 9.13 Å². The van der Waals surface area contributed by atoms with Crippen LogP contribution in [0, 0.1) is 5.82 Å². The van der Waals surface area contributed by atoms with Gasteiger partial charge in [0.05, 0.1) is 7.11 Å². The molecule has 104 valence electrons. The largest absolute Gasteiger partial charge is 0.497 e. The summed E-state index contributed by atoms with van der Waals surface area (Å²) in [5.74, 6) is 0.380. The molecule has 1 aliphatic heterocycles. The van der Waals surface area contributed by atoms with Crippen LogP contribution in [0.25, 0.3) is 0 Å². The molecule has 1 N–H and O–H groups in total. The van der Waals surface area contributed by atoms with Crippen molar-refractivity contribution in [2.75, 3.05) is 20.2 Å². The molecule has 0 bridgehead atoms. The maximum Gasteiger partial charge on any atom is 0.131 e. The molecule has 1 aliphatic carbocycles. The van der Waals surface area contributed by atoms with E-state index in [1.165, 1.54) is 31.9 Å². The van der Waals surface area contributed by atoms with Crippen molar-refractivity contribution in [2.45, 2.75) is 37.9 Å². The lowest BCUT2D eigenvalue weighted by atomic mass is 10.2. The molecule has 2 aliphatic rings. The molecule has 19 heavy (non-hydrogen) atoms. The molecule has 0 amide bonds. The van der Waals surface area contributed by atoms with Crippen LogP contribution in [0.1, 0.15) is 24.8 Å². The number of nitrogens with one attached hydrogen (secondary N) is 1. The predicted octanol–water partition coefficient (Wildman–Crippen LogP) is 2.16. The van der Waals surface area contributed by atoms with Crippen LogP contribution in [0.15, 0.2) is 18.2 Å². The van der Waals surface area contributed by atoms with Crippen molar-refractivity contribution in [3.8, 4) is 5.75 Å². The van der Waals surface area contributed by atoms with Gasteiger partial charge in [-0.05, 0) is 25.3 Å². The summed E-state index contributed by atoms with van der Waals surface area (Å²) in [5, 5.41) is 3.47. The number of ether oxygens (including phenoxy) is 1. The topological polar surface area (TPSA) is 24.5 Å². The van der Waals surface area contributed by atoms with E-state index in [0.717, 1.165) is 12.6 Å². The number of methoxy groups -OCH3 is 1. The first kappa shape index (κ1) is 12.9. The van der Waals surface area contributed by atoms with Crippen molar-refractivity contribution in [1.82, 2.24) is 10.2 Å². The van der Waals surface area contributed by atoms with Gasteiger partial charge in [-0.3, -0.25) is 4.90 Å². The average Bonchev–Trinajstić information content (AvgIpc) is 3.17. The van der Waals surface area contributed by atoms with E-state index >= 15 is 0 Å². The summed E-state index contributed by atoms with van der Waals surface area (Å²) < 4.78 is 18.8. The normalized spacial score (nSPS) is 23.8. The molecular weight excluding hydrogens is 243 g/mol. The van der Waals surface area contributed by atoms with Crippen LogP contribution in [0.4, 0.5) is 4.39 Å². The molecule has 2 fully saturated rings. The van der Waals surface area contributed by atoms with Gasteiger partial charge in [-0.2, -0.15) is 0 Å². The van der Waals surface area contributed by atoms with E-state index in [9.17, 15) is 4.39 Å². The Bertz CT molecular complexity index is 448. The van der Waals surface area contributed by atoms with Gasteiger partial charge in [-0.25, -0.2) is 4.39 Å². The monoisotopic (exact) mass is 264 g/mol. The molecule has 1 atom stereocenters. The summed E-state index contributed by atoms with van der Waals surface area (Å²) in [4.78, 5) is 2.56. The van der Waals surface area contributed by atoms with Gasteiger partial charge in [0.15, 0.2) is 0 Å². The van der Waals surface area contributed by atoms with Gasteiger partial charge in [-0.1, -0.05) is 6.07 Å². The highest BCUT2D eigenvalue weighted by Crippen LogP contribution is 2.29. The number of benzene rings is 1. The van der Waals surface area contributed by atoms with Crippen LogP contribution in [-0.4, -0.2) is 37.2 Å². The molecule has 1 saturated heterocycles. The minimum atomic E-state index is -0.191. The van der Waals surface area contributed by atoms with E-state index in [0.29, 0.717) is 23.9 Å². The third-order valence-electron chi connectivity index (χ3n) is 4.12. The van der Waals surface area contributed by atoms with E-state index in [1.54, 1.807) is 13.2 Å². The Morgan fingerprint density at radius 3 is 2.89 bits per heavy atom. The lowest BCUT2D eigenvalue weighted by Gasteiger charge is -2.16. The highest BCUT2D eigenvalue weighted by Gasteiger charge is 2.34. The average molecular weight is 264 g/mol. The molecule has 1 saturated carbocycles. The van der Waals surface area contributed by atoms with E-state index in [4.69, 9.17) is 4.74 Å². The highest BCUT2D eigenvalue weighted by atomic mass is 19.1. The zero-order chi connectivity index (χ0) is 13.2. The lowest BCUT2D eigenvalue weighted by Crippen LogP contribution is -2.33. The quantitative estimate of drug-likeness (QED) is 0.882. The Labute approximate surface area is 113 Å². The fourth-order valence-electron chi connectivity index (χ4n) is 2.78. The van der Waals surface area contributed by atoms with Crippen molar-refractivity contribution in [1.29, 1.82) is 0 Å². The first-order valence-electron chi connectivity index (χ1n) is 7.06. The zero-order valence-corrected chi connectivity index (χ0v) is 11.4. The van der Waals surface area contributed by atoms with Crippen molar-refractivity contribution in [3.05, 3.63) is 29.6 Å². The fraction of sp³-hybridized carbons (Fsp3) is 0.600. The van der Waals surface area contributed by atoms with Crippen molar-refractivity contribution in [3.63, 3.8) is 0 Å². The maximum atomic E-state index is 13.8. The number of hydrogen-bond acceptors (Lipinski definition) is 3. The third-order valence-corrected chi connectivity index (χ3v) is 4.12.